The van der Waals surface area contributed by atoms with Gasteiger partial charge in [0.2, 0.25) is 12.1 Å². The van der Waals surface area contributed by atoms with Crippen LogP contribution in [0.25, 0.3) is 0 Å². The van der Waals surface area contributed by atoms with E-state index < -0.39 is 0 Å². The highest BCUT2D eigenvalue weighted by Gasteiger charge is 2.35. The molecule has 0 bridgehead atoms. The van der Waals surface area contributed by atoms with Crippen LogP contribution in [0.15, 0.2) is 21.3 Å². The Morgan fingerprint density at radius 3 is 2.79 bits per heavy atom. The fraction of sp³-hybridized carbons (Fsp3) is 0.538. The van der Waals surface area contributed by atoms with Gasteiger partial charge in [-0.1, -0.05) is 20.8 Å². The number of hydrogen-bond donors (Lipinski definition) is 2. The topological polar surface area (TPSA) is 86.1 Å². The maximum absolute atomic E-state index is 5.77. The molecule has 2 aliphatic heterocycles. The summed E-state index contributed by atoms with van der Waals surface area (Å²) in [7, 11) is 0. The van der Waals surface area contributed by atoms with Crippen molar-refractivity contribution >= 4 is 23.9 Å². The van der Waals surface area contributed by atoms with Crippen molar-refractivity contribution in [3.63, 3.8) is 0 Å². The first-order valence-electron chi connectivity index (χ1n) is 6.38. The van der Waals surface area contributed by atoms with Crippen LogP contribution in [0.5, 0.6) is 0 Å². The van der Waals surface area contributed by atoms with Crippen molar-refractivity contribution in [2.45, 2.75) is 27.7 Å². The maximum atomic E-state index is 5.77. The number of nitrogens with zero attached hydrogens (tertiary/aromatic N) is 3. The summed E-state index contributed by atoms with van der Waals surface area (Å²) < 4.78 is 9.33. The van der Waals surface area contributed by atoms with E-state index in [0.717, 1.165) is 17.1 Å². The highest BCUT2D eigenvalue weighted by Crippen LogP contribution is 2.31. The third-order valence-corrected chi connectivity index (χ3v) is 2.79. The second-order valence-corrected chi connectivity index (χ2v) is 5.33. The van der Waals surface area contributed by atoms with Gasteiger partial charge >= 0.3 is 11.9 Å². The van der Waals surface area contributed by atoms with Crippen LogP contribution in [0, 0.1) is 5.41 Å². The summed E-state index contributed by atoms with van der Waals surface area (Å²) in [5, 5.41) is 3.24. The van der Waals surface area contributed by atoms with Crippen LogP contribution in [0.3, 0.4) is 0 Å². The van der Waals surface area contributed by atoms with Crippen molar-refractivity contribution in [2.75, 3.05) is 13.2 Å². The molecule has 0 saturated carbocycles. The van der Waals surface area contributed by atoms with Gasteiger partial charge in [-0.2, -0.15) is 0 Å². The van der Waals surface area contributed by atoms with E-state index in [9.17, 15) is 0 Å². The molecule has 0 amide bonds. The number of aliphatic imine (C=N–C) groups is 2. The molecule has 0 aromatic heterocycles. The average molecular weight is 262 g/mol. The van der Waals surface area contributed by atoms with E-state index in [1.807, 2.05) is 6.92 Å². The van der Waals surface area contributed by atoms with E-state index in [1.165, 1.54) is 0 Å². The van der Waals surface area contributed by atoms with Crippen LogP contribution in [-0.4, -0.2) is 37.1 Å². The summed E-state index contributed by atoms with van der Waals surface area (Å²) in [4.78, 5) is 8.50. The molecule has 0 aromatic rings. The van der Waals surface area contributed by atoms with Gasteiger partial charge in [-0.25, -0.2) is 4.67 Å². The van der Waals surface area contributed by atoms with Gasteiger partial charge in [0, 0.05) is 23.2 Å². The Labute approximate surface area is 112 Å². The fourth-order valence-electron chi connectivity index (χ4n) is 1.90. The number of rotatable bonds is 2. The minimum atomic E-state index is 0.0388. The molecule has 0 aromatic carbocycles. The Hall–Kier alpha value is -1.91. The highest BCUT2D eigenvalue weighted by molar-refractivity contribution is 6.32. The quantitative estimate of drug-likeness (QED) is 0.696. The average Bonchev–Trinajstić information content (AvgIpc) is 2.71. The standard InChI is InChI=1S/C13H19N5O/c1-5-19-9-7-15-12(16-9)18-11-8(6-14)10(17-11)13(2,3)4/h7H,5-6,14H2,1-4H3/p+1. The van der Waals surface area contributed by atoms with Crippen molar-refractivity contribution in [1.82, 2.24) is 9.98 Å². The fourth-order valence-corrected chi connectivity index (χ4v) is 1.90. The lowest BCUT2D eigenvalue weighted by Crippen LogP contribution is -2.46. The van der Waals surface area contributed by atoms with Gasteiger partial charge in [-0.05, 0) is 16.9 Å². The zero-order chi connectivity index (χ0) is 14.0. The second kappa shape index (κ2) is 4.99. The SMILES string of the molecule is CCOC1=NC(N=C2NC(C(C)(C)C)=C2CN)=[N+]=C1. The molecule has 0 saturated heterocycles. The first-order chi connectivity index (χ1) is 8.95. The molecular formula is C13H20N5O+. The van der Waals surface area contributed by atoms with E-state index >= 15 is 0 Å². The molecule has 19 heavy (non-hydrogen) atoms. The number of nitrogens with one attached hydrogen (secondary N) is 1. The van der Waals surface area contributed by atoms with Crippen molar-refractivity contribution < 1.29 is 4.74 Å². The third-order valence-electron chi connectivity index (χ3n) is 2.79. The zero-order valence-corrected chi connectivity index (χ0v) is 11.8. The van der Waals surface area contributed by atoms with Gasteiger partial charge in [0.1, 0.15) is 0 Å². The van der Waals surface area contributed by atoms with Crippen molar-refractivity contribution in [1.29, 1.82) is 0 Å². The molecule has 6 heteroatoms. The molecule has 3 N–H and O–H groups in total. The summed E-state index contributed by atoms with van der Waals surface area (Å²) in [6, 6.07) is 0. The predicted molar refractivity (Wildman–Crippen MR) is 78.4 cm³/mol. The van der Waals surface area contributed by atoms with E-state index in [4.69, 9.17) is 10.5 Å². The first-order valence-corrected chi connectivity index (χ1v) is 6.38. The number of amidine groups is 1. The summed E-state index contributed by atoms with van der Waals surface area (Å²) >= 11 is 0. The summed E-state index contributed by atoms with van der Waals surface area (Å²) in [6.45, 7) is 9.32. The number of nitrogens with two attached hydrogens (primary N) is 1. The molecular weight excluding hydrogens is 242 g/mol. The van der Waals surface area contributed by atoms with Crippen molar-refractivity contribution in [3.8, 4) is 0 Å². The summed E-state index contributed by atoms with van der Waals surface area (Å²) in [5.41, 5.74) is 7.98. The second-order valence-electron chi connectivity index (χ2n) is 5.33. The zero-order valence-electron chi connectivity index (χ0n) is 11.8. The number of allylic oxidation sites excluding steroid dienone is 1. The normalized spacial score (nSPS) is 20.2. The predicted octanol–water partition coefficient (Wildman–Crippen LogP) is 0.190. The largest absolute Gasteiger partial charge is 0.527 e. The number of guanidine groups is 1. The highest BCUT2D eigenvalue weighted by atomic mass is 16.5. The van der Waals surface area contributed by atoms with Crippen molar-refractivity contribution in [2.24, 2.45) is 21.1 Å². The van der Waals surface area contributed by atoms with E-state index in [-0.39, 0.29) is 5.41 Å². The lowest BCUT2D eigenvalue weighted by molar-refractivity contribution is 0.335. The van der Waals surface area contributed by atoms with Gasteiger partial charge < -0.3 is 15.8 Å². The summed E-state index contributed by atoms with van der Waals surface area (Å²) in [6.07, 6.45) is 1.57. The maximum Gasteiger partial charge on any atom is 0.527 e. The summed E-state index contributed by atoms with van der Waals surface area (Å²) in [5.74, 6) is 1.64. The molecule has 0 fully saturated rings. The molecule has 0 radical (unpaired) electrons. The van der Waals surface area contributed by atoms with Gasteiger partial charge in [-0.15, -0.1) is 0 Å². The van der Waals surface area contributed by atoms with Gasteiger partial charge in [0.15, 0.2) is 0 Å². The van der Waals surface area contributed by atoms with Crippen LogP contribution >= 0.6 is 0 Å². The van der Waals surface area contributed by atoms with Crippen LogP contribution in [0.4, 0.5) is 0 Å². The Kier molecular flexibility index (Phi) is 3.55. The number of ether oxygens (including phenoxy) is 1. The Morgan fingerprint density at radius 1 is 1.47 bits per heavy atom. The molecule has 2 rings (SSSR count). The van der Waals surface area contributed by atoms with Gasteiger partial charge in [0.25, 0.3) is 0 Å². The van der Waals surface area contributed by atoms with Crippen LogP contribution in [0.1, 0.15) is 27.7 Å². The van der Waals surface area contributed by atoms with Crippen molar-refractivity contribution in [3.05, 3.63) is 11.3 Å². The molecule has 0 atom stereocenters. The van der Waals surface area contributed by atoms with E-state index in [0.29, 0.717) is 25.0 Å². The molecule has 102 valence electrons. The Morgan fingerprint density at radius 2 is 2.21 bits per heavy atom. The first kappa shape index (κ1) is 13.5. The molecule has 2 heterocycles. The lowest BCUT2D eigenvalue weighted by Gasteiger charge is -2.34. The molecule has 6 nitrogen and oxygen atoms in total. The lowest BCUT2D eigenvalue weighted by atomic mass is 9.84. The van der Waals surface area contributed by atoms with Gasteiger partial charge in [-0.3, -0.25) is 0 Å². The van der Waals surface area contributed by atoms with E-state index in [2.05, 4.69) is 40.7 Å². The molecule has 0 spiro atoms. The number of hydrogen-bond acceptors (Lipinski definition) is 4. The third kappa shape index (κ3) is 2.75. The van der Waals surface area contributed by atoms with Crippen LogP contribution in [0.2, 0.25) is 0 Å². The smallest absolute Gasteiger partial charge is 0.463 e. The van der Waals surface area contributed by atoms with Gasteiger partial charge in [0.05, 0.1) is 6.61 Å². The Bertz CT molecular complexity index is 542. The molecule has 0 aliphatic carbocycles. The minimum Gasteiger partial charge on any atom is -0.463 e. The monoisotopic (exact) mass is 262 g/mol. The van der Waals surface area contributed by atoms with E-state index in [1.54, 1.807) is 6.21 Å². The molecule has 2 aliphatic rings. The Balaban J connectivity index is 2.17. The molecule has 0 unspecified atom stereocenters. The van der Waals surface area contributed by atoms with Crippen LogP contribution < -0.4 is 15.7 Å². The van der Waals surface area contributed by atoms with Crippen LogP contribution in [-0.2, 0) is 4.74 Å². The minimum absolute atomic E-state index is 0.0388.